The van der Waals surface area contributed by atoms with Gasteiger partial charge in [0.05, 0.1) is 0 Å². The number of aromatic nitrogens is 1. The number of hydrogen-bond donors (Lipinski definition) is 1. The van der Waals surface area contributed by atoms with Gasteiger partial charge in [0.15, 0.2) is 0 Å². The van der Waals surface area contributed by atoms with E-state index in [2.05, 4.69) is 17.2 Å². The molecule has 3 aliphatic rings. The number of benzene rings is 1. The third-order valence-corrected chi connectivity index (χ3v) is 8.51. The van der Waals surface area contributed by atoms with Crippen LogP contribution in [0.1, 0.15) is 56.6 Å². The number of carbonyl (C=O) groups is 2. The van der Waals surface area contributed by atoms with Crippen molar-refractivity contribution in [3.63, 3.8) is 0 Å². The molecule has 3 aliphatic carbocycles. The van der Waals surface area contributed by atoms with Crippen LogP contribution >= 0.6 is 0 Å². The van der Waals surface area contributed by atoms with E-state index in [1.54, 1.807) is 12.1 Å². The van der Waals surface area contributed by atoms with Crippen molar-refractivity contribution in [2.75, 3.05) is 5.32 Å². The van der Waals surface area contributed by atoms with Crippen LogP contribution in [-0.4, -0.2) is 16.7 Å². The van der Waals surface area contributed by atoms with Crippen LogP contribution in [0, 0.1) is 40.9 Å². The number of pyridine rings is 1. The summed E-state index contributed by atoms with van der Waals surface area (Å²) in [5.74, 6) is -0.570. The van der Waals surface area contributed by atoms with Gasteiger partial charge >= 0.3 is 0 Å². The summed E-state index contributed by atoms with van der Waals surface area (Å²) >= 11 is 0. The molecule has 1 heterocycles. The summed E-state index contributed by atoms with van der Waals surface area (Å²) in [6.45, 7) is 3.93. The lowest BCUT2D eigenvalue weighted by molar-refractivity contribution is -0.130. The van der Waals surface area contributed by atoms with Crippen LogP contribution in [0.3, 0.4) is 0 Å². The number of nitrogens with one attached hydrogen (secondary N) is 1. The average Bonchev–Trinajstić information content (AvgIpc) is 3.04. The highest BCUT2D eigenvalue weighted by Crippen LogP contribution is 2.62. The largest absolute Gasteiger partial charge is 0.310 e. The van der Waals surface area contributed by atoms with Gasteiger partial charge < -0.3 is 5.32 Å². The summed E-state index contributed by atoms with van der Waals surface area (Å²) in [5.41, 5.74) is 1.46. The van der Waals surface area contributed by atoms with Gasteiger partial charge in [-0.1, -0.05) is 32.0 Å². The first-order chi connectivity index (χ1) is 15.3. The summed E-state index contributed by atoms with van der Waals surface area (Å²) in [7, 11) is 0. The molecule has 4 unspecified atom stereocenters. The molecule has 1 aromatic heterocycles. The van der Waals surface area contributed by atoms with Crippen LogP contribution in [0.5, 0.6) is 0 Å². The van der Waals surface area contributed by atoms with Gasteiger partial charge in [0.1, 0.15) is 17.4 Å². The molecule has 2 aromatic rings. The molecule has 2 saturated carbocycles. The van der Waals surface area contributed by atoms with Gasteiger partial charge in [0.2, 0.25) is 11.9 Å². The van der Waals surface area contributed by atoms with E-state index in [-0.39, 0.29) is 47.0 Å². The smallest absolute Gasteiger partial charge is 0.228 e. The molecule has 4 nitrogen and oxygen atoms in total. The highest BCUT2D eigenvalue weighted by atomic mass is 19.1. The highest BCUT2D eigenvalue weighted by Gasteiger charge is 2.60. The third kappa shape index (κ3) is 3.26. The van der Waals surface area contributed by atoms with Gasteiger partial charge in [-0.15, -0.1) is 0 Å². The van der Waals surface area contributed by atoms with Gasteiger partial charge in [0.25, 0.3) is 0 Å². The van der Waals surface area contributed by atoms with Gasteiger partial charge in [-0.25, -0.2) is 9.37 Å². The second-order valence-corrected chi connectivity index (χ2v) is 10.0. The number of fused-ring (bicyclic) bond motifs is 5. The molecule has 0 aliphatic heterocycles. The molecule has 6 heteroatoms. The second-order valence-electron chi connectivity index (χ2n) is 10.0. The molecule has 0 saturated heterocycles. The fourth-order valence-corrected chi connectivity index (χ4v) is 6.91. The number of carbonyl (C=O) groups excluding carboxylic acids is 2. The molecule has 1 amide bonds. The van der Waals surface area contributed by atoms with Crippen LogP contribution in [0.25, 0.3) is 0 Å². The first kappa shape index (κ1) is 21.2. The van der Waals surface area contributed by atoms with Gasteiger partial charge in [-0.05, 0) is 78.7 Å². The van der Waals surface area contributed by atoms with Crippen LogP contribution < -0.4 is 5.32 Å². The Kier molecular flexibility index (Phi) is 5.14. The SMILES string of the molecule is CC(C(=O)Nc1cccc(F)n1)[C@@H]1CC(=O)[C@@]2(C)CCC3c4cccc(F)c4CCC3C12. The van der Waals surface area contributed by atoms with E-state index in [9.17, 15) is 18.4 Å². The molecule has 32 heavy (non-hydrogen) atoms. The van der Waals surface area contributed by atoms with Gasteiger partial charge in [-0.2, -0.15) is 4.39 Å². The zero-order valence-electron chi connectivity index (χ0n) is 18.4. The summed E-state index contributed by atoms with van der Waals surface area (Å²) in [6.07, 6.45) is 3.53. The first-order valence-electron chi connectivity index (χ1n) is 11.5. The van der Waals surface area contributed by atoms with Crippen molar-refractivity contribution >= 4 is 17.5 Å². The molecule has 0 spiro atoms. The predicted octanol–water partition coefficient (Wildman–Crippen LogP) is 5.29. The number of amides is 1. The van der Waals surface area contributed by atoms with Crippen molar-refractivity contribution < 1.29 is 18.4 Å². The van der Waals surface area contributed by atoms with E-state index in [0.717, 1.165) is 30.4 Å². The number of hydrogen-bond acceptors (Lipinski definition) is 3. The Morgan fingerprint density at radius 2 is 1.97 bits per heavy atom. The maximum atomic E-state index is 14.4. The Bertz CT molecular complexity index is 1090. The molecule has 168 valence electrons. The normalized spacial score (nSPS) is 31.9. The zero-order chi connectivity index (χ0) is 22.6. The summed E-state index contributed by atoms with van der Waals surface area (Å²) < 4.78 is 27.9. The minimum absolute atomic E-state index is 0.0754. The van der Waals surface area contributed by atoms with Crippen molar-refractivity contribution in [3.8, 4) is 0 Å². The molecule has 6 atom stereocenters. The Morgan fingerprint density at radius 3 is 2.75 bits per heavy atom. The molecule has 1 aromatic carbocycles. The second kappa shape index (κ2) is 7.75. The number of anilines is 1. The number of Topliss-reactive ketones (excluding diaryl/α,β-unsaturated/α-hetero) is 1. The van der Waals surface area contributed by atoms with Gasteiger partial charge in [-0.3, -0.25) is 9.59 Å². The van der Waals surface area contributed by atoms with E-state index >= 15 is 0 Å². The highest BCUT2D eigenvalue weighted by molar-refractivity contribution is 5.94. The quantitative estimate of drug-likeness (QED) is 0.663. The Morgan fingerprint density at radius 1 is 1.19 bits per heavy atom. The van der Waals surface area contributed by atoms with Crippen molar-refractivity contribution in [2.24, 2.45) is 29.1 Å². The maximum absolute atomic E-state index is 14.4. The van der Waals surface area contributed by atoms with E-state index < -0.39 is 17.3 Å². The molecule has 5 rings (SSSR count). The molecule has 0 bridgehead atoms. The lowest BCUT2D eigenvalue weighted by Crippen LogP contribution is -2.46. The topological polar surface area (TPSA) is 59.1 Å². The minimum atomic E-state index is -0.651. The van der Waals surface area contributed by atoms with Crippen molar-refractivity contribution in [1.29, 1.82) is 0 Å². The van der Waals surface area contributed by atoms with Crippen molar-refractivity contribution in [2.45, 2.75) is 51.9 Å². The average molecular weight is 439 g/mol. The molecular formula is C26H28F2N2O2. The maximum Gasteiger partial charge on any atom is 0.228 e. The van der Waals surface area contributed by atoms with E-state index in [1.165, 1.54) is 18.2 Å². The third-order valence-electron chi connectivity index (χ3n) is 8.51. The van der Waals surface area contributed by atoms with E-state index in [0.29, 0.717) is 12.8 Å². The Labute approximate surface area is 186 Å². The molecular weight excluding hydrogens is 410 g/mol. The predicted molar refractivity (Wildman–Crippen MR) is 117 cm³/mol. The van der Waals surface area contributed by atoms with Crippen molar-refractivity contribution in [1.82, 2.24) is 4.98 Å². The molecule has 1 N–H and O–H groups in total. The standard InChI is InChI=1S/C26H28F2N2O2/c1-14(25(32)30-23-8-4-7-22(28)29-23)19-13-21(31)26(2)12-11-16-15-5-3-6-20(27)17(15)9-10-18(16)24(19)26/h3-8,14,16,18-19,24H,9-13H2,1-2H3,(H,29,30,32)/t14?,16?,18?,19-,24?,26+/m0/s1. The Balaban J connectivity index is 1.44. The number of ketones is 1. The first-order valence-corrected chi connectivity index (χ1v) is 11.5. The number of nitrogens with zero attached hydrogens (tertiary/aromatic N) is 1. The summed E-state index contributed by atoms with van der Waals surface area (Å²) in [5, 5.41) is 2.73. The fourth-order valence-electron chi connectivity index (χ4n) is 6.91. The van der Waals surface area contributed by atoms with E-state index in [1.807, 2.05) is 13.0 Å². The minimum Gasteiger partial charge on any atom is -0.310 e. The molecule has 0 radical (unpaired) electrons. The fraction of sp³-hybridized carbons (Fsp3) is 0.500. The number of rotatable bonds is 3. The van der Waals surface area contributed by atoms with Crippen LogP contribution in [0.4, 0.5) is 14.6 Å². The summed E-state index contributed by atoms with van der Waals surface area (Å²) in [4.78, 5) is 30.0. The van der Waals surface area contributed by atoms with Crippen LogP contribution in [0.15, 0.2) is 36.4 Å². The van der Waals surface area contributed by atoms with Crippen LogP contribution in [0.2, 0.25) is 0 Å². The van der Waals surface area contributed by atoms with E-state index in [4.69, 9.17) is 0 Å². The summed E-state index contributed by atoms with van der Waals surface area (Å²) in [6, 6.07) is 9.63. The monoisotopic (exact) mass is 438 g/mol. The lowest BCUT2D eigenvalue weighted by atomic mass is 9.53. The van der Waals surface area contributed by atoms with Crippen LogP contribution in [-0.2, 0) is 16.0 Å². The lowest BCUT2D eigenvalue weighted by Gasteiger charge is -2.50. The Hall–Kier alpha value is -2.63. The van der Waals surface area contributed by atoms with Gasteiger partial charge in [0, 0.05) is 17.8 Å². The number of halogens is 2. The zero-order valence-corrected chi connectivity index (χ0v) is 18.4. The van der Waals surface area contributed by atoms with Crippen molar-refractivity contribution in [3.05, 3.63) is 59.3 Å². The molecule has 2 fully saturated rings.